The van der Waals surface area contributed by atoms with Gasteiger partial charge in [0.05, 0.1) is 18.8 Å². The van der Waals surface area contributed by atoms with Crippen LogP contribution in [-0.4, -0.2) is 38.0 Å². The van der Waals surface area contributed by atoms with Gasteiger partial charge in [-0.05, 0) is 33.1 Å². The molecule has 1 aliphatic rings. The first-order chi connectivity index (χ1) is 7.72. The summed E-state index contributed by atoms with van der Waals surface area (Å²) in [6.07, 6.45) is 5.41. The minimum absolute atomic E-state index is 0.391. The van der Waals surface area contributed by atoms with Crippen molar-refractivity contribution in [1.29, 1.82) is 0 Å². The normalized spacial score (nSPS) is 30.6. The largest absolute Gasteiger partial charge is 0.380 e. The molecule has 0 bridgehead atoms. The zero-order chi connectivity index (χ0) is 11.8. The second-order valence-electron chi connectivity index (χ2n) is 4.85. The molecule has 0 saturated carbocycles. The summed E-state index contributed by atoms with van der Waals surface area (Å²) in [4.78, 5) is 0. The SMILES string of the molecule is CCCCOCCNC1CC(C)OC(C)C1. The molecule has 2 unspecified atom stereocenters. The zero-order valence-corrected chi connectivity index (χ0v) is 11.0. The van der Waals surface area contributed by atoms with E-state index in [1.165, 1.54) is 12.8 Å². The number of nitrogens with one attached hydrogen (secondary N) is 1. The summed E-state index contributed by atoms with van der Waals surface area (Å²) in [5.41, 5.74) is 0. The van der Waals surface area contributed by atoms with Crippen molar-refractivity contribution in [2.45, 2.75) is 64.7 Å². The van der Waals surface area contributed by atoms with Crippen molar-refractivity contribution in [3.8, 4) is 0 Å². The third-order valence-corrected chi connectivity index (χ3v) is 3.02. The molecule has 3 nitrogen and oxygen atoms in total. The lowest BCUT2D eigenvalue weighted by Crippen LogP contribution is -2.42. The van der Waals surface area contributed by atoms with Crippen LogP contribution in [0.4, 0.5) is 0 Å². The van der Waals surface area contributed by atoms with Gasteiger partial charge < -0.3 is 14.8 Å². The van der Waals surface area contributed by atoms with Gasteiger partial charge in [0.15, 0.2) is 0 Å². The van der Waals surface area contributed by atoms with Crippen LogP contribution in [0.5, 0.6) is 0 Å². The molecule has 2 atom stereocenters. The molecular formula is C13H27NO2. The van der Waals surface area contributed by atoms with Crippen molar-refractivity contribution in [3.05, 3.63) is 0 Å². The number of unbranched alkanes of at least 4 members (excludes halogenated alkanes) is 1. The van der Waals surface area contributed by atoms with Gasteiger partial charge in [-0.25, -0.2) is 0 Å². The van der Waals surface area contributed by atoms with E-state index in [2.05, 4.69) is 26.1 Å². The lowest BCUT2D eigenvalue weighted by atomic mass is 10.00. The fraction of sp³-hybridized carbons (Fsp3) is 1.00. The van der Waals surface area contributed by atoms with Crippen LogP contribution in [0.15, 0.2) is 0 Å². The molecule has 16 heavy (non-hydrogen) atoms. The van der Waals surface area contributed by atoms with Crippen LogP contribution in [-0.2, 0) is 9.47 Å². The first-order valence-corrected chi connectivity index (χ1v) is 6.69. The third kappa shape index (κ3) is 5.83. The highest BCUT2D eigenvalue weighted by molar-refractivity contribution is 4.78. The van der Waals surface area contributed by atoms with Crippen LogP contribution < -0.4 is 5.32 Å². The summed E-state index contributed by atoms with van der Waals surface area (Å²) >= 11 is 0. The van der Waals surface area contributed by atoms with Crippen LogP contribution in [0, 0.1) is 0 Å². The first kappa shape index (κ1) is 13.9. The fourth-order valence-electron chi connectivity index (χ4n) is 2.26. The molecule has 1 saturated heterocycles. The average Bonchev–Trinajstić information content (AvgIpc) is 2.22. The molecule has 0 aromatic heterocycles. The van der Waals surface area contributed by atoms with Crippen molar-refractivity contribution in [3.63, 3.8) is 0 Å². The maximum Gasteiger partial charge on any atom is 0.0591 e. The minimum Gasteiger partial charge on any atom is -0.380 e. The maximum atomic E-state index is 5.70. The molecule has 1 heterocycles. The lowest BCUT2D eigenvalue weighted by molar-refractivity contribution is -0.0428. The summed E-state index contributed by atoms with van der Waals surface area (Å²) in [6, 6.07) is 0.605. The Balaban J connectivity index is 1.99. The van der Waals surface area contributed by atoms with Gasteiger partial charge in [0, 0.05) is 19.2 Å². The molecule has 1 fully saturated rings. The van der Waals surface area contributed by atoms with Crippen molar-refractivity contribution in [2.75, 3.05) is 19.8 Å². The van der Waals surface area contributed by atoms with Gasteiger partial charge in [0.1, 0.15) is 0 Å². The zero-order valence-electron chi connectivity index (χ0n) is 11.0. The molecule has 0 spiro atoms. The van der Waals surface area contributed by atoms with E-state index in [4.69, 9.17) is 9.47 Å². The Bertz CT molecular complexity index is 165. The molecule has 0 radical (unpaired) electrons. The van der Waals surface area contributed by atoms with E-state index in [0.717, 1.165) is 32.6 Å². The molecule has 1 N–H and O–H groups in total. The van der Waals surface area contributed by atoms with Crippen molar-refractivity contribution < 1.29 is 9.47 Å². The van der Waals surface area contributed by atoms with Gasteiger partial charge in [0.2, 0.25) is 0 Å². The Kier molecular flexibility index (Phi) is 7.01. The fourth-order valence-corrected chi connectivity index (χ4v) is 2.26. The number of hydrogen-bond acceptors (Lipinski definition) is 3. The van der Waals surface area contributed by atoms with E-state index in [1.54, 1.807) is 0 Å². The molecule has 1 rings (SSSR count). The quantitative estimate of drug-likeness (QED) is 0.680. The Morgan fingerprint density at radius 2 is 1.88 bits per heavy atom. The summed E-state index contributed by atoms with van der Waals surface area (Å²) in [6.45, 7) is 9.20. The van der Waals surface area contributed by atoms with E-state index < -0.39 is 0 Å². The highest BCUT2D eigenvalue weighted by atomic mass is 16.5. The van der Waals surface area contributed by atoms with Crippen LogP contribution in [0.2, 0.25) is 0 Å². The minimum atomic E-state index is 0.391. The summed E-state index contributed by atoms with van der Waals surface area (Å²) in [5.74, 6) is 0. The predicted molar refractivity (Wildman–Crippen MR) is 66.8 cm³/mol. The van der Waals surface area contributed by atoms with Crippen LogP contribution in [0.25, 0.3) is 0 Å². The Morgan fingerprint density at radius 1 is 1.19 bits per heavy atom. The van der Waals surface area contributed by atoms with Crippen molar-refractivity contribution >= 4 is 0 Å². The molecule has 0 amide bonds. The second kappa shape index (κ2) is 8.04. The molecule has 0 aromatic carbocycles. The van der Waals surface area contributed by atoms with Gasteiger partial charge in [-0.2, -0.15) is 0 Å². The highest BCUT2D eigenvalue weighted by Crippen LogP contribution is 2.18. The molecule has 96 valence electrons. The van der Waals surface area contributed by atoms with Gasteiger partial charge in [-0.15, -0.1) is 0 Å². The van der Waals surface area contributed by atoms with Crippen LogP contribution in [0.1, 0.15) is 46.5 Å². The topological polar surface area (TPSA) is 30.5 Å². The number of hydrogen-bond donors (Lipinski definition) is 1. The van der Waals surface area contributed by atoms with E-state index in [9.17, 15) is 0 Å². The molecule has 3 heteroatoms. The average molecular weight is 229 g/mol. The Hall–Kier alpha value is -0.120. The third-order valence-electron chi connectivity index (χ3n) is 3.02. The molecule has 0 aliphatic carbocycles. The van der Waals surface area contributed by atoms with Gasteiger partial charge >= 0.3 is 0 Å². The Labute approximate surface area is 99.9 Å². The smallest absolute Gasteiger partial charge is 0.0591 e. The van der Waals surface area contributed by atoms with E-state index >= 15 is 0 Å². The first-order valence-electron chi connectivity index (χ1n) is 6.69. The van der Waals surface area contributed by atoms with Gasteiger partial charge in [0.25, 0.3) is 0 Å². The number of ether oxygens (including phenoxy) is 2. The standard InChI is InChI=1S/C13H27NO2/c1-4-5-7-15-8-6-14-13-9-11(2)16-12(3)10-13/h11-14H,4-10H2,1-3H3. The van der Waals surface area contributed by atoms with Crippen molar-refractivity contribution in [2.24, 2.45) is 0 Å². The molecule has 1 aliphatic heterocycles. The van der Waals surface area contributed by atoms with E-state index in [-0.39, 0.29) is 0 Å². The summed E-state index contributed by atoms with van der Waals surface area (Å²) in [7, 11) is 0. The second-order valence-corrected chi connectivity index (χ2v) is 4.85. The number of rotatable bonds is 7. The molecule has 0 aromatic rings. The molecular weight excluding hydrogens is 202 g/mol. The van der Waals surface area contributed by atoms with Crippen LogP contribution >= 0.6 is 0 Å². The Morgan fingerprint density at radius 3 is 2.50 bits per heavy atom. The van der Waals surface area contributed by atoms with Crippen LogP contribution in [0.3, 0.4) is 0 Å². The maximum absolute atomic E-state index is 5.70. The summed E-state index contributed by atoms with van der Waals surface area (Å²) < 4.78 is 11.2. The highest BCUT2D eigenvalue weighted by Gasteiger charge is 2.23. The van der Waals surface area contributed by atoms with E-state index in [0.29, 0.717) is 18.2 Å². The lowest BCUT2D eigenvalue weighted by Gasteiger charge is -2.32. The monoisotopic (exact) mass is 229 g/mol. The van der Waals surface area contributed by atoms with Crippen molar-refractivity contribution in [1.82, 2.24) is 5.32 Å². The van der Waals surface area contributed by atoms with E-state index in [1.807, 2.05) is 0 Å². The predicted octanol–water partition coefficient (Wildman–Crippen LogP) is 2.35. The summed E-state index contributed by atoms with van der Waals surface area (Å²) in [5, 5.41) is 3.55. The van der Waals surface area contributed by atoms with Gasteiger partial charge in [-0.1, -0.05) is 13.3 Å². The van der Waals surface area contributed by atoms with Gasteiger partial charge in [-0.3, -0.25) is 0 Å².